The summed E-state index contributed by atoms with van der Waals surface area (Å²) in [6.07, 6.45) is 18.5. The van der Waals surface area contributed by atoms with Gasteiger partial charge < -0.3 is 24.8 Å². The first-order valence-electron chi connectivity index (χ1n) is 29.3. The molecule has 8 aromatic carbocycles. The van der Waals surface area contributed by atoms with Crippen molar-refractivity contribution in [3.05, 3.63) is 292 Å². The van der Waals surface area contributed by atoms with Gasteiger partial charge in [-0.25, -0.2) is 0 Å². The number of halogens is 2. The molecule has 0 amide bonds. The smallest absolute Gasteiger partial charge is 1.00 e. The van der Waals surface area contributed by atoms with Gasteiger partial charge in [0, 0.05) is 0 Å². The first-order chi connectivity index (χ1) is 38.3. The van der Waals surface area contributed by atoms with E-state index in [1.807, 2.05) is 0 Å². The predicted molar refractivity (Wildman–Crippen MR) is 339 cm³/mol. The molecule has 0 saturated heterocycles. The van der Waals surface area contributed by atoms with Gasteiger partial charge in [-0.2, -0.15) is 0 Å². The molecule has 0 aromatic heterocycles. The van der Waals surface area contributed by atoms with E-state index in [1.165, 1.54) is 66.8 Å². The second-order valence-electron chi connectivity index (χ2n) is 26.7. The molecular formula is C78H80Cl2Hf2-2. The topological polar surface area (TPSA) is 0 Å². The molecule has 82 heavy (non-hydrogen) atoms. The van der Waals surface area contributed by atoms with Crippen LogP contribution < -0.4 is 31.5 Å². The third kappa shape index (κ3) is 12.5. The summed E-state index contributed by atoms with van der Waals surface area (Å²) in [4.78, 5) is 0. The third-order valence-electron chi connectivity index (χ3n) is 16.9. The van der Waals surface area contributed by atoms with Crippen molar-refractivity contribution >= 4 is 13.2 Å². The Morgan fingerprint density at radius 3 is 0.915 bits per heavy atom. The summed E-state index contributed by atoms with van der Waals surface area (Å²) in [5.41, 5.74) is 24.0. The van der Waals surface area contributed by atoms with Crippen molar-refractivity contribution in [3.8, 4) is 22.3 Å². The zero-order valence-electron chi connectivity index (χ0n) is 50.4. The van der Waals surface area contributed by atoms with Gasteiger partial charge in [0.05, 0.1) is 0 Å². The maximum Gasteiger partial charge on any atom is -1.00 e. The van der Waals surface area contributed by atoms with Crippen LogP contribution in [0.2, 0.25) is 0 Å². The van der Waals surface area contributed by atoms with E-state index in [9.17, 15) is 0 Å². The van der Waals surface area contributed by atoms with Crippen molar-refractivity contribution in [1.82, 2.24) is 0 Å². The van der Waals surface area contributed by atoms with E-state index >= 15 is 0 Å². The van der Waals surface area contributed by atoms with Crippen LogP contribution >= 0.6 is 0 Å². The quantitative estimate of drug-likeness (QED) is 0.133. The molecule has 0 spiro atoms. The van der Waals surface area contributed by atoms with Gasteiger partial charge in [-0.3, -0.25) is 0 Å². The molecule has 12 rings (SSSR count). The van der Waals surface area contributed by atoms with Crippen LogP contribution in [-0.2, 0) is 76.4 Å². The Morgan fingerprint density at radius 1 is 0.341 bits per heavy atom. The molecule has 0 bridgehead atoms. The van der Waals surface area contributed by atoms with Gasteiger partial charge in [-0.05, 0) is 0 Å². The summed E-state index contributed by atoms with van der Waals surface area (Å²) in [5, 5.41) is 0. The maximum atomic E-state index is 2.50. The molecule has 0 aliphatic heterocycles. The van der Waals surface area contributed by atoms with Crippen molar-refractivity contribution in [2.24, 2.45) is 0 Å². The molecule has 4 aliphatic carbocycles. The number of fused-ring (bicyclic) bond motifs is 6. The van der Waals surface area contributed by atoms with Gasteiger partial charge in [0.2, 0.25) is 0 Å². The van der Waals surface area contributed by atoms with Crippen LogP contribution in [0, 0.1) is 0 Å². The van der Waals surface area contributed by atoms with Crippen LogP contribution in [0.15, 0.2) is 225 Å². The Kier molecular flexibility index (Phi) is 18.5. The van der Waals surface area contributed by atoms with Gasteiger partial charge in [-0.15, -0.1) is 0 Å². The van der Waals surface area contributed by atoms with E-state index in [4.69, 9.17) is 0 Å². The molecule has 4 aliphatic rings. The van der Waals surface area contributed by atoms with Crippen molar-refractivity contribution < 1.29 is 66.7 Å². The first-order valence-corrected chi connectivity index (χ1v) is 40.1. The summed E-state index contributed by atoms with van der Waals surface area (Å²) in [5.74, 6) is 0. The average molecular weight is 1450 g/mol. The van der Waals surface area contributed by atoms with E-state index in [-0.39, 0.29) is 46.5 Å². The SMILES string of the molecule is CC(C)(C)c1ccc2c(c1)Cc1c-2ccc(C(C)(C)C)[c]1[Hf]([C]1=CC=CC1)=[C](c1ccccc1)c1ccccc1.CC(C)(C)c1ccc2c(c1)Cc1c-2ccc(C(C)(C)C)[c]1[Hf]([C]1=CC=CC1)=[C](c1ccccc1)c1ccccc1.[Cl-].[Cl-]. The summed E-state index contributed by atoms with van der Waals surface area (Å²) in [6.45, 7) is 28.4. The second kappa shape index (κ2) is 24.8. The first kappa shape index (κ1) is 61.3. The molecule has 0 N–H and O–H groups in total. The Hall–Kier alpha value is -5.22. The molecule has 0 radical (unpaired) electrons. The van der Waals surface area contributed by atoms with E-state index in [2.05, 4.69) is 302 Å². The Balaban J connectivity index is 0.000000193. The number of hydrogen-bond donors (Lipinski definition) is 0. The standard InChI is InChI=1S/2C21H25.2C13H10.2C5H5.2ClH.2Hf/c2*1-20(2,3)16-7-9-18-14(12-16)11-15-13-17(21(4,5)6)8-10-19(15)18;2*1-3-7-12(8-4-1)11-13-9-5-2-6-10-13;2*1-2-4-5-3-1;;;;/h2*7-10,12H,11H2,1-6H3;2*1-10H;2*1-3H,4H2;2*1H;;/p-2. The molecule has 0 saturated carbocycles. The molecule has 0 atom stereocenters. The van der Waals surface area contributed by atoms with Crippen molar-refractivity contribution in [2.45, 2.75) is 130 Å². The molecular weight excluding hydrogens is 1360 g/mol. The van der Waals surface area contributed by atoms with Gasteiger partial charge in [-0.1, -0.05) is 0 Å². The Morgan fingerprint density at radius 2 is 0.646 bits per heavy atom. The summed E-state index contributed by atoms with van der Waals surface area (Å²) in [7, 11) is 0. The minimum Gasteiger partial charge on any atom is -1.00 e. The zero-order chi connectivity index (χ0) is 56.1. The van der Waals surface area contributed by atoms with Crippen molar-refractivity contribution in [2.75, 3.05) is 0 Å². The molecule has 416 valence electrons. The Bertz CT molecular complexity index is 3520. The van der Waals surface area contributed by atoms with Crippen LogP contribution in [0.4, 0.5) is 0 Å². The molecule has 0 nitrogen and oxygen atoms in total. The van der Waals surface area contributed by atoms with Gasteiger partial charge in [0.1, 0.15) is 0 Å². The molecule has 4 heteroatoms. The fourth-order valence-corrected chi connectivity index (χ4v) is 39.0. The van der Waals surface area contributed by atoms with Crippen LogP contribution in [0.1, 0.15) is 163 Å². The molecule has 0 fully saturated rings. The van der Waals surface area contributed by atoms with E-state index in [0.717, 1.165) is 25.7 Å². The van der Waals surface area contributed by atoms with Crippen LogP contribution in [0.25, 0.3) is 22.3 Å². The summed E-state index contributed by atoms with van der Waals surface area (Å²) in [6, 6.07) is 69.5. The van der Waals surface area contributed by atoms with Gasteiger partial charge in [0.25, 0.3) is 0 Å². The largest absolute Gasteiger partial charge is 1.00 e. The van der Waals surface area contributed by atoms with Crippen LogP contribution in [0.3, 0.4) is 0 Å². The number of allylic oxidation sites excluding steroid dienone is 8. The minimum absolute atomic E-state index is 0. The fraction of sp³-hybridized carbons (Fsp3) is 0.256. The fourth-order valence-electron chi connectivity index (χ4n) is 12.8. The van der Waals surface area contributed by atoms with E-state index < -0.39 is 41.9 Å². The van der Waals surface area contributed by atoms with E-state index in [0.29, 0.717) is 0 Å². The summed E-state index contributed by atoms with van der Waals surface area (Å²) >= 11 is -5.88. The van der Waals surface area contributed by atoms with E-state index in [1.54, 1.807) is 42.1 Å². The third-order valence-corrected chi connectivity index (χ3v) is 39.7. The average Bonchev–Trinajstić information content (AvgIpc) is 4.46. The van der Waals surface area contributed by atoms with Gasteiger partial charge in [0.15, 0.2) is 0 Å². The molecule has 0 unspecified atom stereocenters. The van der Waals surface area contributed by atoms with Crippen molar-refractivity contribution in [1.29, 1.82) is 0 Å². The number of benzene rings is 8. The summed E-state index contributed by atoms with van der Waals surface area (Å²) < 4.78 is 10.1. The second-order valence-corrected chi connectivity index (χ2v) is 43.9. The normalized spacial score (nSPS) is 13.8. The molecule has 0 heterocycles. The monoisotopic (exact) mass is 1450 g/mol. The number of rotatable bonds is 8. The maximum absolute atomic E-state index is 2.94. The Labute approximate surface area is 519 Å². The number of hydrogen-bond acceptors (Lipinski definition) is 0. The van der Waals surface area contributed by atoms with Gasteiger partial charge >= 0.3 is 500 Å². The predicted octanol–water partition coefficient (Wildman–Crippen LogP) is 12.4. The van der Waals surface area contributed by atoms with Crippen molar-refractivity contribution in [3.63, 3.8) is 0 Å². The minimum atomic E-state index is -2.94. The van der Waals surface area contributed by atoms with Crippen LogP contribution in [0.5, 0.6) is 0 Å². The van der Waals surface area contributed by atoms with Crippen LogP contribution in [-0.4, -0.2) is 6.51 Å². The zero-order valence-corrected chi connectivity index (χ0v) is 59.1. The molecule has 8 aromatic rings.